The number of halogens is 1. The molecule has 1 aromatic rings. The smallest absolute Gasteiger partial charge is 0.244 e. The van der Waals surface area contributed by atoms with E-state index in [2.05, 4.69) is 19.2 Å². The zero-order chi connectivity index (χ0) is 15.5. The van der Waals surface area contributed by atoms with Crippen molar-refractivity contribution in [3.05, 3.63) is 34.9 Å². The Hall–Kier alpha value is -1.06. The molecule has 0 saturated carbocycles. The van der Waals surface area contributed by atoms with Crippen molar-refractivity contribution in [2.24, 2.45) is 0 Å². The van der Waals surface area contributed by atoms with Crippen molar-refractivity contribution in [3.63, 3.8) is 0 Å². The van der Waals surface area contributed by atoms with Gasteiger partial charge in [0.05, 0.1) is 5.54 Å². The highest BCUT2D eigenvalue weighted by atomic mass is 35.5. The first-order valence-corrected chi connectivity index (χ1v) is 8.24. The number of unbranched alkanes of at least 4 members (excludes halogenated alkanes) is 2. The lowest BCUT2D eigenvalue weighted by Crippen LogP contribution is -2.43. The maximum Gasteiger partial charge on any atom is 0.244 e. The zero-order valence-corrected chi connectivity index (χ0v) is 13.9. The summed E-state index contributed by atoms with van der Waals surface area (Å²) in [5.41, 5.74) is 0.637. The van der Waals surface area contributed by atoms with E-state index in [4.69, 9.17) is 11.6 Å². The lowest BCUT2D eigenvalue weighted by molar-refractivity contribution is -0.133. The van der Waals surface area contributed by atoms with E-state index in [1.807, 2.05) is 36.1 Å². The fourth-order valence-corrected chi connectivity index (χ4v) is 2.93. The Labute approximate surface area is 132 Å². The minimum atomic E-state index is -0.462. The van der Waals surface area contributed by atoms with E-state index in [1.165, 1.54) is 0 Å². The number of rotatable bonds is 6. The first-order chi connectivity index (χ1) is 10.0. The minimum absolute atomic E-state index is 0.0448. The van der Waals surface area contributed by atoms with Crippen LogP contribution < -0.4 is 5.32 Å². The highest BCUT2D eigenvalue weighted by Crippen LogP contribution is 2.33. The molecule has 3 nitrogen and oxygen atoms in total. The van der Waals surface area contributed by atoms with Gasteiger partial charge < -0.3 is 4.90 Å². The molecule has 116 valence electrons. The van der Waals surface area contributed by atoms with Gasteiger partial charge in [0.15, 0.2) is 0 Å². The minimum Gasteiger partial charge on any atom is -0.321 e. The second-order valence-electron chi connectivity index (χ2n) is 5.99. The van der Waals surface area contributed by atoms with E-state index in [9.17, 15) is 4.79 Å². The summed E-state index contributed by atoms with van der Waals surface area (Å²) in [7, 11) is 0. The van der Waals surface area contributed by atoms with E-state index in [0.29, 0.717) is 0 Å². The largest absolute Gasteiger partial charge is 0.321 e. The molecule has 0 spiro atoms. The molecule has 0 bridgehead atoms. The molecular formula is C17H25ClN2O. The van der Waals surface area contributed by atoms with Crippen molar-refractivity contribution in [2.75, 3.05) is 6.54 Å². The van der Waals surface area contributed by atoms with Gasteiger partial charge in [0.25, 0.3) is 0 Å². The van der Waals surface area contributed by atoms with Gasteiger partial charge in [-0.2, -0.15) is 0 Å². The molecule has 1 aliphatic rings. The van der Waals surface area contributed by atoms with Crippen LogP contribution >= 0.6 is 11.6 Å². The van der Waals surface area contributed by atoms with Gasteiger partial charge in [0.2, 0.25) is 5.91 Å². The second-order valence-corrected chi connectivity index (χ2v) is 6.43. The molecule has 1 amide bonds. The number of amides is 1. The van der Waals surface area contributed by atoms with Crippen LogP contribution in [0.4, 0.5) is 0 Å². The summed E-state index contributed by atoms with van der Waals surface area (Å²) in [4.78, 5) is 14.7. The Morgan fingerprint density at radius 1 is 1.24 bits per heavy atom. The average Bonchev–Trinajstić information content (AvgIpc) is 2.74. The van der Waals surface area contributed by atoms with Crippen molar-refractivity contribution in [1.29, 1.82) is 0 Å². The molecule has 1 aromatic carbocycles. The van der Waals surface area contributed by atoms with Gasteiger partial charge in [-0.15, -0.1) is 0 Å². The third-order valence-corrected chi connectivity index (χ3v) is 4.65. The van der Waals surface area contributed by atoms with Crippen LogP contribution in [0, 0.1) is 0 Å². The molecule has 1 fully saturated rings. The maximum absolute atomic E-state index is 12.7. The van der Waals surface area contributed by atoms with Crippen LogP contribution in [0.5, 0.6) is 0 Å². The Morgan fingerprint density at radius 3 is 2.48 bits per heavy atom. The zero-order valence-electron chi connectivity index (χ0n) is 13.2. The topological polar surface area (TPSA) is 32.3 Å². The van der Waals surface area contributed by atoms with E-state index < -0.39 is 5.54 Å². The third kappa shape index (κ3) is 3.41. The van der Waals surface area contributed by atoms with Crippen molar-refractivity contribution >= 4 is 17.5 Å². The van der Waals surface area contributed by atoms with Gasteiger partial charge in [0, 0.05) is 11.6 Å². The molecule has 0 aliphatic carbocycles. The monoisotopic (exact) mass is 308 g/mol. The number of hydrogen-bond acceptors (Lipinski definition) is 2. The quantitative estimate of drug-likeness (QED) is 0.801. The first kappa shape index (κ1) is 16.3. The van der Waals surface area contributed by atoms with Crippen molar-refractivity contribution in [1.82, 2.24) is 10.2 Å². The summed E-state index contributed by atoms with van der Waals surface area (Å²) in [5.74, 6) is 0.209. The predicted octanol–water partition coefficient (Wildman–Crippen LogP) is 4.13. The molecule has 1 N–H and O–H groups in total. The average molecular weight is 309 g/mol. The molecule has 1 heterocycles. The van der Waals surface area contributed by atoms with Crippen LogP contribution in [0.15, 0.2) is 24.3 Å². The van der Waals surface area contributed by atoms with E-state index in [-0.39, 0.29) is 12.1 Å². The summed E-state index contributed by atoms with van der Waals surface area (Å²) >= 11 is 5.97. The van der Waals surface area contributed by atoms with Crippen LogP contribution in [0.25, 0.3) is 0 Å². The molecule has 0 aromatic heterocycles. The Balaban J connectivity index is 2.23. The Morgan fingerprint density at radius 2 is 1.90 bits per heavy atom. The number of carbonyl (C=O) groups is 1. The summed E-state index contributed by atoms with van der Waals surface area (Å²) in [6.07, 6.45) is 4.11. The third-order valence-electron chi connectivity index (χ3n) is 4.40. The van der Waals surface area contributed by atoms with Crippen LogP contribution in [0.2, 0.25) is 5.02 Å². The van der Waals surface area contributed by atoms with Gasteiger partial charge in [0.1, 0.15) is 6.17 Å². The molecular weight excluding hydrogens is 284 g/mol. The number of nitrogens with zero attached hydrogens (tertiary/aromatic N) is 1. The van der Waals surface area contributed by atoms with Crippen LogP contribution in [0.3, 0.4) is 0 Å². The van der Waals surface area contributed by atoms with Crippen LogP contribution in [0.1, 0.15) is 58.2 Å². The van der Waals surface area contributed by atoms with E-state index in [0.717, 1.165) is 42.8 Å². The standard InChI is InChI=1S/C17H25ClN2O/c1-4-6-7-12-20-15(13-8-10-14(18)11-9-13)19-17(3,5-2)16(20)21/h8-11,15,19H,4-7,12H2,1-3H3. The van der Waals surface area contributed by atoms with Crippen LogP contribution in [-0.4, -0.2) is 22.9 Å². The predicted molar refractivity (Wildman–Crippen MR) is 87.3 cm³/mol. The summed E-state index contributed by atoms with van der Waals surface area (Å²) < 4.78 is 0. The summed E-state index contributed by atoms with van der Waals surface area (Å²) in [6, 6.07) is 7.77. The van der Waals surface area contributed by atoms with Gasteiger partial charge in [-0.05, 0) is 37.5 Å². The van der Waals surface area contributed by atoms with Gasteiger partial charge in [-0.1, -0.05) is 50.4 Å². The molecule has 2 unspecified atom stereocenters. The molecule has 1 saturated heterocycles. The molecule has 4 heteroatoms. The fraction of sp³-hybridized carbons (Fsp3) is 0.588. The first-order valence-electron chi connectivity index (χ1n) is 7.86. The molecule has 2 rings (SSSR count). The Bertz CT molecular complexity index is 488. The lowest BCUT2D eigenvalue weighted by atomic mass is 9.99. The van der Waals surface area contributed by atoms with Crippen molar-refractivity contribution in [3.8, 4) is 0 Å². The molecule has 2 atom stereocenters. The SMILES string of the molecule is CCCCCN1C(=O)C(C)(CC)NC1c1ccc(Cl)cc1. The van der Waals surface area contributed by atoms with E-state index in [1.54, 1.807) is 0 Å². The molecule has 21 heavy (non-hydrogen) atoms. The Kier molecular flexibility index (Phi) is 5.28. The lowest BCUT2D eigenvalue weighted by Gasteiger charge is -2.24. The van der Waals surface area contributed by atoms with Crippen LogP contribution in [-0.2, 0) is 4.79 Å². The highest BCUT2D eigenvalue weighted by Gasteiger charge is 2.46. The number of benzene rings is 1. The van der Waals surface area contributed by atoms with Crippen molar-refractivity contribution < 1.29 is 4.79 Å². The maximum atomic E-state index is 12.7. The number of hydrogen-bond donors (Lipinski definition) is 1. The normalized spacial score (nSPS) is 25.6. The van der Waals surface area contributed by atoms with Gasteiger partial charge in [-0.25, -0.2) is 0 Å². The van der Waals surface area contributed by atoms with Gasteiger partial charge in [-0.3, -0.25) is 10.1 Å². The van der Waals surface area contributed by atoms with Gasteiger partial charge >= 0.3 is 0 Å². The number of carbonyl (C=O) groups excluding carboxylic acids is 1. The van der Waals surface area contributed by atoms with E-state index >= 15 is 0 Å². The molecule has 0 radical (unpaired) electrons. The molecule has 1 aliphatic heterocycles. The number of nitrogens with one attached hydrogen (secondary N) is 1. The summed E-state index contributed by atoms with van der Waals surface area (Å²) in [5, 5.41) is 4.23. The fourth-order valence-electron chi connectivity index (χ4n) is 2.80. The highest BCUT2D eigenvalue weighted by molar-refractivity contribution is 6.30. The second kappa shape index (κ2) is 6.80. The summed E-state index contributed by atoms with van der Waals surface area (Å²) in [6.45, 7) is 7.04. The van der Waals surface area contributed by atoms with Crippen molar-refractivity contribution in [2.45, 2.75) is 58.2 Å².